The van der Waals surface area contributed by atoms with E-state index in [4.69, 9.17) is 13.7 Å². The molecule has 0 bridgehead atoms. The predicted octanol–water partition coefficient (Wildman–Crippen LogP) is 3.09. The molecule has 0 amide bonds. The minimum atomic E-state index is -0.415. The molecule has 0 unspecified atom stereocenters. The molecule has 0 spiro atoms. The van der Waals surface area contributed by atoms with Gasteiger partial charge < -0.3 is 13.7 Å². The smallest absolute Gasteiger partial charge is 0.259 e. The van der Waals surface area contributed by atoms with E-state index in [-0.39, 0.29) is 0 Å². The molecule has 108 valence electrons. The van der Waals surface area contributed by atoms with Gasteiger partial charge in [0, 0.05) is 13.5 Å². The lowest BCUT2D eigenvalue weighted by molar-refractivity contribution is -0.0342. The van der Waals surface area contributed by atoms with Gasteiger partial charge in [-0.1, -0.05) is 12.1 Å². The normalized spacial score (nSPS) is 17.7. The topological polar surface area (TPSA) is 74.2 Å². The molecule has 0 atom stereocenters. The Morgan fingerprint density at radius 2 is 2.10 bits per heavy atom. The van der Waals surface area contributed by atoms with Crippen molar-refractivity contribution in [2.75, 3.05) is 7.11 Å². The maximum absolute atomic E-state index is 5.64. The van der Waals surface area contributed by atoms with E-state index in [1.807, 2.05) is 0 Å². The highest BCUT2D eigenvalue weighted by Gasteiger charge is 2.41. The lowest BCUT2D eigenvalue weighted by Crippen LogP contribution is -2.24. The Balaban J connectivity index is 1.85. The van der Waals surface area contributed by atoms with Crippen LogP contribution in [0.3, 0.4) is 0 Å². The van der Waals surface area contributed by atoms with E-state index in [2.05, 4.69) is 22.0 Å². The van der Waals surface area contributed by atoms with Crippen LogP contribution in [0.4, 0.5) is 0 Å². The summed E-state index contributed by atoms with van der Waals surface area (Å²) in [6.07, 6.45) is 7.47. The summed E-state index contributed by atoms with van der Waals surface area (Å²) >= 11 is 0. The molecular weight excluding hydrogens is 258 g/mol. The number of nitrogens with zero attached hydrogens (tertiary/aromatic N) is 3. The zero-order chi connectivity index (χ0) is 14.0. The Labute approximate surface area is 117 Å². The van der Waals surface area contributed by atoms with Crippen LogP contribution in [0.15, 0.2) is 15.2 Å². The molecule has 20 heavy (non-hydrogen) atoms. The van der Waals surface area contributed by atoms with Gasteiger partial charge in [0.1, 0.15) is 17.6 Å². The first kappa shape index (κ1) is 13.3. The first-order chi connectivity index (χ1) is 9.77. The third-order valence-corrected chi connectivity index (χ3v) is 3.86. The summed E-state index contributed by atoms with van der Waals surface area (Å²) in [5.41, 5.74) is 0.203. The summed E-state index contributed by atoms with van der Waals surface area (Å²) in [6, 6.07) is 0. The van der Waals surface area contributed by atoms with E-state index >= 15 is 0 Å². The highest BCUT2D eigenvalue weighted by Crippen LogP contribution is 2.41. The van der Waals surface area contributed by atoms with Crippen molar-refractivity contribution in [2.24, 2.45) is 0 Å². The Kier molecular flexibility index (Phi) is 3.56. The fraction of sp³-hybridized carbons (Fsp3) is 0.643. The van der Waals surface area contributed by atoms with Crippen LogP contribution in [-0.2, 0) is 16.8 Å². The molecule has 0 aliphatic heterocycles. The molecule has 2 heterocycles. The van der Waals surface area contributed by atoms with Gasteiger partial charge in [0.25, 0.3) is 5.89 Å². The number of hydrogen-bond donors (Lipinski definition) is 0. The van der Waals surface area contributed by atoms with Crippen molar-refractivity contribution in [1.29, 1.82) is 0 Å². The predicted molar refractivity (Wildman–Crippen MR) is 70.9 cm³/mol. The molecule has 0 aromatic carbocycles. The first-order valence-corrected chi connectivity index (χ1v) is 7.11. The molecule has 1 aliphatic carbocycles. The second-order valence-corrected chi connectivity index (χ2v) is 5.21. The Morgan fingerprint density at radius 1 is 1.30 bits per heavy atom. The quantitative estimate of drug-likeness (QED) is 0.836. The lowest BCUT2D eigenvalue weighted by Gasteiger charge is -2.21. The molecule has 6 nitrogen and oxygen atoms in total. The summed E-state index contributed by atoms with van der Waals surface area (Å²) in [4.78, 5) is 8.82. The third kappa shape index (κ3) is 2.24. The van der Waals surface area contributed by atoms with E-state index in [0.717, 1.165) is 38.5 Å². The van der Waals surface area contributed by atoms with Crippen molar-refractivity contribution < 1.29 is 13.7 Å². The van der Waals surface area contributed by atoms with Gasteiger partial charge in [-0.2, -0.15) is 4.98 Å². The van der Waals surface area contributed by atoms with Crippen LogP contribution in [0.2, 0.25) is 0 Å². The Morgan fingerprint density at radius 3 is 2.80 bits per heavy atom. The lowest BCUT2D eigenvalue weighted by atomic mass is 10.0. The van der Waals surface area contributed by atoms with Crippen LogP contribution in [-0.4, -0.2) is 22.2 Å². The molecule has 2 aromatic rings. The van der Waals surface area contributed by atoms with Crippen molar-refractivity contribution in [3.05, 3.63) is 18.0 Å². The molecule has 0 radical (unpaired) electrons. The van der Waals surface area contributed by atoms with E-state index in [1.54, 1.807) is 13.4 Å². The van der Waals surface area contributed by atoms with Gasteiger partial charge >= 0.3 is 0 Å². The van der Waals surface area contributed by atoms with Crippen LogP contribution >= 0.6 is 0 Å². The average Bonchev–Trinajstić information content (AvgIpc) is 3.19. The van der Waals surface area contributed by atoms with Crippen LogP contribution in [0, 0.1) is 0 Å². The molecule has 1 fully saturated rings. The molecule has 0 saturated heterocycles. The number of hydrogen-bond acceptors (Lipinski definition) is 6. The largest absolute Gasteiger partial charge is 0.448 e. The minimum absolute atomic E-state index is 0.415. The highest BCUT2D eigenvalue weighted by molar-refractivity contribution is 5.45. The maximum Gasteiger partial charge on any atom is 0.259 e. The van der Waals surface area contributed by atoms with Gasteiger partial charge in [0.15, 0.2) is 5.89 Å². The minimum Gasteiger partial charge on any atom is -0.448 e. The first-order valence-electron chi connectivity index (χ1n) is 7.11. The van der Waals surface area contributed by atoms with Gasteiger partial charge in [-0.05, 0) is 32.1 Å². The highest BCUT2D eigenvalue weighted by atomic mass is 16.5. The summed E-state index contributed by atoms with van der Waals surface area (Å²) in [5.74, 6) is 1.72. The van der Waals surface area contributed by atoms with Crippen LogP contribution in [0.25, 0.3) is 11.5 Å². The molecule has 3 rings (SSSR count). The van der Waals surface area contributed by atoms with Gasteiger partial charge in [0.2, 0.25) is 5.82 Å². The molecule has 6 heteroatoms. The van der Waals surface area contributed by atoms with Crippen LogP contribution in [0.5, 0.6) is 0 Å². The Bertz CT molecular complexity index is 570. The molecule has 0 N–H and O–H groups in total. The molecule has 2 aromatic heterocycles. The zero-order valence-corrected chi connectivity index (χ0v) is 11.9. The summed E-state index contributed by atoms with van der Waals surface area (Å²) in [5, 5.41) is 4.01. The van der Waals surface area contributed by atoms with Crippen molar-refractivity contribution in [3.63, 3.8) is 0 Å². The van der Waals surface area contributed by atoms with Gasteiger partial charge in [-0.25, -0.2) is 4.98 Å². The van der Waals surface area contributed by atoms with Crippen LogP contribution < -0.4 is 0 Å². The number of oxazole rings is 1. The number of ether oxygens (including phenoxy) is 1. The third-order valence-electron chi connectivity index (χ3n) is 3.86. The van der Waals surface area contributed by atoms with Crippen molar-refractivity contribution in [1.82, 2.24) is 15.1 Å². The molecular formula is C14H19N3O3. The standard InChI is InChI=1S/C14H19N3O3/c1-3-6-11-15-10(9-19-11)12-16-13(20-17-12)14(18-2)7-4-5-8-14/h9H,3-8H2,1-2H3. The second kappa shape index (κ2) is 5.36. The van der Waals surface area contributed by atoms with Crippen molar-refractivity contribution in [3.8, 4) is 11.5 Å². The summed E-state index contributed by atoms with van der Waals surface area (Å²) in [7, 11) is 1.70. The SMILES string of the molecule is CCCc1nc(-c2noc(C3(OC)CCCC3)n2)co1. The number of aryl methyl sites for hydroxylation is 1. The number of methoxy groups -OCH3 is 1. The van der Waals surface area contributed by atoms with E-state index in [1.165, 1.54) is 0 Å². The van der Waals surface area contributed by atoms with Gasteiger partial charge in [0.05, 0.1) is 0 Å². The maximum atomic E-state index is 5.64. The van der Waals surface area contributed by atoms with E-state index in [9.17, 15) is 0 Å². The number of aromatic nitrogens is 3. The van der Waals surface area contributed by atoms with E-state index in [0.29, 0.717) is 23.3 Å². The molecule has 1 aliphatic rings. The zero-order valence-electron chi connectivity index (χ0n) is 11.9. The monoisotopic (exact) mass is 277 g/mol. The van der Waals surface area contributed by atoms with Crippen molar-refractivity contribution >= 4 is 0 Å². The fourth-order valence-electron chi connectivity index (χ4n) is 2.71. The van der Waals surface area contributed by atoms with Crippen LogP contribution in [0.1, 0.15) is 50.8 Å². The number of rotatable bonds is 5. The fourth-order valence-corrected chi connectivity index (χ4v) is 2.71. The van der Waals surface area contributed by atoms with Crippen molar-refractivity contribution in [2.45, 2.75) is 51.0 Å². The Hall–Kier alpha value is -1.69. The summed E-state index contributed by atoms with van der Waals surface area (Å²) < 4.78 is 16.4. The second-order valence-electron chi connectivity index (χ2n) is 5.21. The summed E-state index contributed by atoms with van der Waals surface area (Å²) in [6.45, 7) is 2.08. The van der Waals surface area contributed by atoms with Gasteiger partial charge in [-0.3, -0.25) is 0 Å². The molecule has 1 saturated carbocycles. The van der Waals surface area contributed by atoms with E-state index < -0.39 is 5.60 Å². The van der Waals surface area contributed by atoms with Gasteiger partial charge in [-0.15, -0.1) is 0 Å². The average molecular weight is 277 g/mol.